The highest BCUT2D eigenvalue weighted by molar-refractivity contribution is 4.70. The molecule has 0 aromatic rings. The lowest BCUT2D eigenvalue weighted by atomic mass is 9.98. The van der Waals surface area contributed by atoms with Gasteiger partial charge in [0.2, 0.25) is 0 Å². The molecule has 0 aromatic carbocycles. The molecule has 1 aliphatic heterocycles. The van der Waals surface area contributed by atoms with Crippen LogP contribution in [0.2, 0.25) is 0 Å². The summed E-state index contributed by atoms with van der Waals surface area (Å²) >= 11 is 0. The predicted octanol–water partition coefficient (Wildman–Crippen LogP) is 3.20. The van der Waals surface area contributed by atoms with Gasteiger partial charge in [-0.2, -0.15) is 5.06 Å². The largest absolute Gasteiger partial charge is 0.314 e. The van der Waals surface area contributed by atoms with E-state index in [2.05, 4.69) is 6.92 Å². The normalized spacial score (nSPS) is 24.9. The van der Waals surface area contributed by atoms with E-state index < -0.39 is 0 Å². The molecule has 1 aliphatic rings. The third-order valence-electron chi connectivity index (χ3n) is 2.99. The van der Waals surface area contributed by atoms with Gasteiger partial charge >= 0.3 is 0 Å². The van der Waals surface area contributed by atoms with Gasteiger partial charge in [0.05, 0.1) is 0 Å². The summed E-state index contributed by atoms with van der Waals surface area (Å²) in [6.07, 6.45) is 10.1. The summed E-state index contributed by atoms with van der Waals surface area (Å²) in [6, 6.07) is 0.464. The fourth-order valence-corrected chi connectivity index (χ4v) is 2.09. The molecular weight excluding hydrogens is 162 g/mol. The van der Waals surface area contributed by atoms with Crippen molar-refractivity contribution < 1.29 is 5.21 Å². The van der Waals surface area contributed by atoms with Crippen LogP contribution in [0, 0.1) is 0 Å². The zero-order valence-electron chi connectivity index (χ0n) is 8.84. The maximum Gasteiger partial charge on any atom is 0.0350 e. The maximum atomic E-state index is 9.56. The molecule has 0 saturated carbocycles. The lowest BCUT2D eigenvalue weighted by Crippen LogP contribution is -2.36. The first kappa shape index (κ1) is 11.0. The summed E-state index contributed by atoms with van der Waals surface area (Å²) < 4.78 is 0. The van der Waals surface area contributed by atoms with E-state index in [1.165, 1.54) is 51.4 Å². The van der Waals surface area contributed by atoms with E-state index in [9.17, 15) is 5.21 Å². The zero-order chi connectivity index (χ0) is 9.52. The lowest BCUT2D eigenvalue weighted by molar-refractivity contribution is -0.143. The number of nitrogens with zero attached hydrogens (tertiary/aromatic N) is 1. The highest BCUT2D eigenvalue weighted by Crippen LogP contribution is 2.19. The quantitative estimate of drug-likeness (QED) is 0.665. The number of hydrogen-bond acceptors (Lipinski definition) is 2. The number of piperidine rings is 1. The van der Waals surface area contributed by atoms with Crippen LogP contribution in [0.1, 0.15) is 58.3 Å². The first-order valence-corrected chi connectivity index (χ1v) is 5.80. The van der Waals surface area contributed by atoms with Crippen LogP contribution >= 0.6 is 0 Å². The smallest absolute Gasteiger partial charge is 0.0350 e. The minimum atomic E-state index is 0.464. The van der Waals surface area contributed by atoms with Gasteiger partial charge < -0.3 is 5.21 Å². The molecule has 0 amide bonds. The van der Waals surface area contributed by atoms with Gasteiger partial charge in [0, 0.05) is 12.6 Å². The van der Waals surface area contributed by atoms with E-state index in [0.29, 0.717) is 6.04 Å². The van der Waals surface area contributed by atoms with Gasteiger partial charge in [0.15, 0.2) is 0 Å². The Labute approximate surface area is 81.9 Å². The van der Waals surface area contributed by atoms with Crippen LogP contribution in [-0.4, -0.2) is 22.9 Å². The Balaban J connectivity index is 2.05. The van der Waals surface area contributed by atoms with E-state index in [1.54, 1.807) is 5.06 Å². The van der Waals surface area contributed by atoms with Crippen LogP contribution in [0.5, 0.6) is 0 Å². The van der Waals surface area contributed by atoms with Gasteiger partial charge in [-0.15, -0.1) is 0 Å². The maximum absolute atomic E-state index is 9.56. The molecule has 0 radical (unpaired) electrons. The summed E-state index contributed by atoms with van der Waals surface area (Å²) in [4.78, 5) is 0. The van der Waals surface area contributed by atoms with E-state index in [4.69, 9.17) is 0 Å². The summed E-state index contributed by atoms with van der Waals surface area (Å²) in [5.41, 5.74) is 0. The summed E-state index contributed by atoms with van der Waals surface area (Å²) in [5, 5.41) is 11.1. The molecular formula is C11H23NO. The highest BCUT2D eigenvalue weighted by atomic mass is 16.5. The van der Waals surface area contributed by atoms with Gasteiger partial charge in [0.25, 0.3) is 0 Å². The average Bonchev–Trinajstić information content (AvgIpc) is 2.15. The molecule has 1 saturated heterocycles. The molecule has 0 aliphatic carbocycles. The topological polar surface area (TPSA) is 23.5 Å². The van der Waals surface area contributed by atoms with Crippen LogP contribution in [0.4, 0.5) is 0 Å². The number of rotatable bonds is 5. The standard InChI is InChI=1S/C11H23NO/c1-2-3-4-5-8-11-9-6-7-10-12(11)13/h11,13H,2-10H2,1H3. The van der Waals surface area contributed by atoms with Crippen LogP contribution in [-0.2, 0) is 0 Å². The van der Waals surface area contributed by atoms with Crippen LogP contribution in [0.15, 0.2) is 0 Å². The fraction of sp³-hybridized carbons (Fsp3) is 1.00. The average molecular weight is 185 g/mol. The minimum absolute atomic E-state index is 0.464. The van der Waals surface area contributed by atoms with Crippen LogP contribution in [0.25, 0.3) is 0 Å². The Hall–Kier alpha value is -0.0800. The predicted molar refractivity (Wildman–Crippen MR) is 54.9 cm³/mol. The number of unbranched alkanes of at least 4 members (excludes halogenated alkanes) is 3. The van der Waals surface area contributed by atoms with Crippen LogP contribution < -0.4 is 0 Å². The fourth-order valence-electron chi connectivity index (χ4n) is 2.09. The Morgan fingerprint density at radius 1 is 1.23 bits per heavy atom. The summed E-state index contributed by atoms with van der Waals surface area (Å²) in [6.45, 7) is 3.12. The molecule has 2 heteroatoms. The molecule has 13 heavy (non-hydrogen) atoms. The molecule has 1 atom stereocenters. The van der Waals surface area contributed by atoms with Crippen molar-refractivity contribution in [2.75, 3.05) is 6.54 Å². The van der Waals surface area contributed by atoms with Crippen molar-refractivity contribution in [1.29, 1.82) is 0 Å². The van der Waals surface area contributed by atoms with Crippen molar-refractivity contribution >= 4 is 0 Å². The Kier molecular flexibility index (Phi) is 5.40. The second-order valence-electron chi connectivity index (χ2n) is 4.16. The van der Waals surface area contributed by atoms with Crippen molar-refractivity contribution in [3.63, 3.8) is 0 Å². The Morgan fingerprint density at radius 3 is 2.77 bits per heavy atom. The number of hydrogen-bond donors (Lipinski definition) is 1. The van der Waals surface area contributed by atoms with Crippen LogP contribution in [0.3, 0.4) is 0 Å². The Bertz CT molecular complexity index is 127. The summed E-state index contributed by atoms with van der Waals surface area (Å²) in [7, 11) is 0. The molecule has 78 valence electrons. The molecule has 2 nitrogen and oxygen atoms in total. The SMILES string of the molecule is CCCCCCC1CCCCN1O. The second kappa shape index (κ2) is 6.39. The third-order valence-corrected chi connectivity index (χ3v) is 2.99. The van der Waals surface area contributed by atoms with Gasteiger partial charge in [0.1, 0.15) is 0 Å². The molecule has 1 unspecified atom stereocenters. The molecule has 1 heterocycles. The van der Waals surface area contributed by atoms with Crippen molar-refractivity contribution in [2.45, 2.75) is 64.3 Å². The van der Waals surface area contributed by atoms with Crippen molar-refractivity contribution in [2.24, 2.45) is 0 Å². The van der Waals surface area contributed by atoms with E-state index in [0.717, 1.165) is 6.54 Å². The second-order valence-corrected chi connectivity index (χ2v) is 4.16. The first-order valence-electron chi connectivity index (χ1n) is 5.80. The van der Waals surface area contributed by atoms with E-state index in [1.807, 2.05) is 0 Å². The minimum Gasteiger partial charge on any atom is -0.314 e. The zero-order valence-corrected chi connectivity index (χ0v) is 8.84. The van der Waals surface area contributed by atoms with Gasteiger partial charge in [-0.25, -0.2) is 0 Å². The number of hydroxylamine groups is 2. The monoisotopic (exact) mass is 185 g/mol. The van der Waals surface area contributed by atoms with Gasteiger partial charge in [-0.05, 0) is 19.3 Å². The van der Waals surface area contributed by atoms with Gasteiger partial charge in [-0.1, -0.05) is 39.0 Å². The van der Waals surface area contributed by atoms with Crippen molar-refractivity contribution in [1.82, 2.24) is 5.06 Å². The van der Waals surface area contributed by atoms with Crippen molar-refractivity contribution in [3.8, 4) is 0 Å². The molecule has 1 N–H and O–H groups in total. The van der Waals surface area contributed by atoms with E-state index >= 15 is 0 Å². The summed E-state index contributed by atoms with van der Waals surface area (Å²) in [5.74, 6) is 0. The molecule has 1 rings (SSSR count). The lowest BCUT2D eigenvalue weighted by Gasteiger charge is -2.30. The molecule has 1 fully saturated rings. The Morgan fingerprint density at radius 2 is 2.08 bits per heavy atom. The van der Waals surface area contributed by atoms with Gasteiger partial charge in [-0.3, -0.25) is 0 Å². The third kappa shape index (κ3) is 4.10. The highest BCUT2D eigenvalue weighted by Gasteiger charge is 2.19. The molecule has 0 aromatic heterocycles. The van der Waals surface area contributed by atoms with Crippen molar-refractivity contribution in [3.05, 3.63) is 0 Å². The van der Waals surface area contributed by atoms with E-state index in [-0.39, 0.29) is 0 Å². The molecule has 0 spiro atoms. The first-order chi connectivity index (χ1) is 6.34. The molecule has 0 bridgehead atoms.